The first kappa shape index (κ1) is 21.9. The highest BCUT2D eigenvalue weighted by molar-refractivity contribution is 5.76. The molecule has 0 unspecified atom stereocenters. The molecule has 0 aliphatic carbocycles. The average molecular weight is 448 g/mol. The number of rotatable bonds is 9. The lowest BCUT2D eigenvalue weighted by Crippen LogP contribution is -2.27. The number of methoxy groups -OCH3 is 3. The monoisotopic (exact) mass is 448 g/mol. The Bertz CT molecular complexity index is 1250. The Morgan fingerprint density at radius 1 is 1.00 bits per heavy atom. The van der Waals surface area contributed by atoms with E-state index >= 15 is 0 Å². The molecule has 1 amide bonds. The molecule has 0 radical (unpaired) electrons. The molecule has 2 aromatic heterocycles. The average Bonchev–Trinajstić information content (AvgIpc) is 3.52. The topological polar surface area (TPSA) is 101 Å². The van der Waals surface area contributed by atoms with E-state index < -0.39 is 0 Å². The van der Waals surface area contributed by atoms with E-state index in [2.05, 4.69) is 15.5 Å². The highest BCUT2D eigenvalue weighted by Crippen LogP contribution is 2.32. The van der Waals surface area contributed by atoms with E-state index in [0.29, 0.717) is 35.5 Å². The Morgan fingerprint density at radius 2 is 1.85 bits per heavy atom. The van der Waals surface area contributed by atoms with Crippen molar-refractivity contribution in [1.29, 1.82) is 0 Å². The van der Waals surface area contributed by atoms with Crippen LogP contribution in [-0.4, -0.2) is 41.9 Å². The summed E-state index contributed by atoms with van der Waals surface area (Å²) < 4.78 is 23.1. The molecule has 0 saturated carbocycles. The summed E-state index contributed by atoms with van der Waals surface area (Å²) >= 11 is 0. The molecule has 1 N–H and O–H groups in total. The van der Waals surface area contributed by atoms with Gasteiger partial charge >= 0.3 is 0 Å². The van der Waals surface area contributed by atoms with Crippen LogP contribution in [0.4, 0.5) is 0 Å². The smallest absolute Gasteiger partial charge is 0.274 e. The maximum Gasteiger partial charge on any atom is 0.274 e. The maximum atomic E-state index is 12.5. The van der Waals surface area contributed by atoms with Crippen LogP contribution in [0.1, 0.15) is 5.56 Å². The van der Waals surface area contributed by atoms with Crippen LogP contribution in [-0.2, 0) is 17.9 Å². The molecule has 4 aromatic rings. The number of carbonyl (C=O) groups excluding carboxylic acids is 1. The van der Waals surface area contributed by atoms with Gasteiger partial charge in [0.05, 0.1) is 21.3 Å². The number of carbonyl (C=O) groups is 1. The molecule has 170 valence electrons. The SMILES string of the molecule is COc1cccc(CNC(=O)Cn2cccc2-c2nc(-c3ccc(OC)c(OC)c3)no2)c1. The fourth-order valence-corrected chi connectivity index (χ4v) is 3.36. The lowest BCUT2D eigenvalue weighted by molar-refractivity contribution is -0.121. The number of nitrogens with one attached hydrogen (secondary N) is 1. The molecule has 9 heteroatoms. The summed E-state index contributed by atoms with van der Waals surface area (Å²) in [6.45, 7) is 0.511. The summed E-state index contributed by atoms with van der Waals surface area (Å²) in [6.07, 6.45) is 1.79. The summed E-state index contributed by atoms with van der Waals surface area (Å²) in [5, 5.41) is 6.99. The molecule has 0 aliphatic rings. The molecular weight excluding hydrogens is 424 g/mol. The van der Waals surface area contributed by atoms with Gasteiger partial charge in [0.2, 0.25) is 11.7 Å². The number of benzene rings is 2. The van der Waals surface area contributed by atoms with Gasteiger partial charge in [-0.15, -0.1) is 0 Å². The van der Waals surface area contributed by atoms with Crippen LogP contribution in [0.25, 0.3) is 23.0 Å². The Kier molecular flexibility index (Phi) is 6.58. The van der Waals surface area contributed by atoms with E-state index in [4.69, 9.17) is 18.7 Å². The first-order valence-electron chi connectivity index (χ1n) is 10.2. The lowest BCUT2D eigenvalue weighted by Gasteiger charge is -2.09. The summed E-state index contributed by atoms with van der Waals surface area (Å²) in [6, 6.07) is 16.6. The van der Waals surface area contributed by atoms with Crippen molar-refractivity contribution in [2.24, 2.45) is 0 Å². The highest BCUT2D eigenvalue weighted by atomic mass is 16.5. The van der Waals surface area contributed by atoms with Crippen LogP contribution in [0.2, 0.25) is 0 Å². The van der Waals surface area contributed by atoms with E-state index in [-0.39, 0.29) is 12.5 Å². The predicted molar refractivity (Wildman–Crippen MR) is 121 cm³/mol. The summed E-state index contributed by atoms with van der Waals surface area (Å²) in [5.74, 6) is 2.49. The molecule has 4 rings (SSSR count). The lowest BCUT2D eigenvalue weighted by atomic mass is 10.2. The fourth-order valence-electron chi connectivity index (χ4n) is 3.36. The molecule has 0 fully saturated rings. The number of amides is 1. The third kappa shape index (κ3) is 4.98. The quantitative estimate of drug-likeness (QED) is 0.418. The minimum Gasteiger partial charge on any atom is -0.497 e. The van der Waals surface area contributed by atoms with Crippen molar-refractivity contribution in [2.45, 2.75) is 13.1 Å². The third-order valence-electron chi connectivity index (χ3n) is 5.05. The Labute approximate surface area is 190 Å². The molecule has 0 aliphatic heterocycles. The third-order valence-corrected chi connectivity index (χ3v) is 5.05. The molecule has 9 nitrogen and oxygen atoms in total. The Balaban J connectivity index is 1.45. The number of ether oxygens (including phenoxy) is 3. The van der Waals surface area contributed by atoms with Crippen molar-refractivity contribution >= 4 is 5.91 Å². The summed E-state index contributed by atoms with van der Waals surface area (Å²) in [7, 11) is 4.75. The fraction of sp³-hybridized carbons (Fsp3) is 0.208. The molecule has 33 heavy (non-hydrogen) atoms. The molecule has 0 spiro atoms. The Morgan fingerprint density at radius 3 is 2.64 bits per heavy atom. The van der Waals surface area contributed by atoms with Crippen molar-refractivity contribution in [3.8, 4) is 40.2 Å². The van der Waals surface area contributed by atoms with E-state index in [1.807, 2.05) is 42.5 Å². The maximum absolute atomic E-state index is 12.5. The highest BCUT2D eigenvalue weighted by Gasteiger charge is 2.17. The van der Waals surface area contributed by atoms with Crippen molar-refractivity contribution in [3.63, 3.8) is 0 Å². The minimum absolute atomic E-state index is 0.111. The first-order valence-corrected chi connectivity index (χ1v) is 10.2. The number of hydrogen-bond acceptors (Lipinski definition) is 7. The number of nitrogens with zero attached hydrogens (tertiary/aromatic N) is 3. The molecular formula is C24H24N4O5. The second kappa shape index (κ2) is 9.90. The van der Waals surface area contributed by atoms with Gasteiger partial charge in [-0.25, -0.2) is 0 Å². The van der Waals surface area contributed by atoms with Gasteiger partial charge in [0, 0.05) is 18.3 Å². The van der Waals surface area contributed by atoms with Crippen LogP contribution in [0.15, 0.2) is 65.3 Å². The molecule has 0 atom stereocenters. The van der Waals surface area contributed by atoms with Crippen LogP contribution >= 0.6 is 0 Å². The zero-order chi connectivity index (χ0) is 23.2. The molecule has 0 bridgehead atoms. The normalized spacial score (nSPS) is 10.6. The van der Waals surface area contributed by atoms with Crippen LogP contribution in [0, 0.1) is 0 Å². The molecule has 2 aromatic carbocycles. The van der Waals surface area contributed by atoms with Crippen molar-refractivity contribution in [3.05, 3.63) is 66.4 Å². The number of hydrogen-bond donors (Lipinski definition) is 1. The van der Waals surface area contributed by atoms with Gasteiger partial charge in [-0.1, -0.05) is 17.3 Å². The zero-order valence-electron chi connectivity index (χ0n) is 18.6. The van der Waals surface area contributed by atoms with Gasteiger partial charge in [0.25, 0.3) is 5.89 Å². The molecule has 2 heterocycles. The van der Waals surface area contributed by atoms with Crippen molar-refractivity contribution in [1.82, 2.24) is 20.0 Å². The van der Waals surface area contributed by atoms with Crippen molar-refractivity contribution in [2.75, 3.05) is 21.3 Å². The number of aromatic nitrogens is 3. The Hall–Kier alpha value is -4.27. The molecule has 0 saturated heterocycles. The van der Waals surface area contributed by atoms with Gasteiger partial charge in [0.15, 0.2) is 11.5 Å². The summed E-state index contributed by atoms with van der Waals surface area (Å²) in [5.41, 5.74) is 2.31. The zero-order valence-corrected chi connectivity index (χ0v) is 18.6. The van der Waals surface area contributed by atoms with E-state index in [1.165, 1.54) is 0 Å². The second-order valence-corrected chi connectivity index (χ2v) is 7.14. The second-order valence-electron chi connectivity index (χ2n) is 7.14. The van der Waals surface area contributed by atoms with Gasteiger partial charge in [-0.3, -0.25) is 4.79 Å². The summed E-state index contributed by atoms with van der Waals surface area (Å²) in [4.78, 5) is 17.0. The standard InChI is InChI=1S/C24H24N4O5/c1-30-18-7-4-6-16(12-18)14-25-22(29)15-28-11-5-8-19(28)24-26-23(27-33-24)17-9-10-20(31-2)21(13-17)32-3/h4-13H,14-15H2,1-3H3,(H,25,29). The van der Waals surface area contributed by atoms with Crippen LogP contribution in [0.3, 0.4) is 0 Å². The van der Waals surface area contributed by atoms with Gasteiger partial charge in [-0.2, -0.15) is 4.98 Å². The van der Waals surface area contributed by atoms with Crippen LogP contribution in [0.5, 0.6) is 17.2 Å². The first-order chi connectivity index (χ1) is 16.1. The van der Waals surface area contributed by atoms with Crippen molar-refractivity contribution < 1.29 is 23.5 Å². The van der Waals surface area contributed by atoms with E-state index in [0.717, 1.165) is 16.9 Å². The van der Waals surface area contributed by atoms with Gasteiger partial charge in [-0.05, 0) is 48.0 Å². The largest absolute Gasteiger partial charge is 0.497 e. The minimum atomic E-state index is -0.144. The van der Waals surface area contributed by atoms with Gasteiger partial charge in [0.1, 0.15) is 18.0 Å². The van der Waals surface area contributed by atoms with E-state index in [9.17, 15) is 4.79 Å². The van der Waals surface area contributed by atoms with Gasteiger partial charge < -0.3 is 28.6 Å². The van der Waals surface area contributed by atoms with Crippen LogP contribution < -0.4 is 19.5 Å². The van der Waals surface area contributed by atoms with E-state index in [1.54, 1.807) is 44.2 Å². The predicted octanol–water partition coefficient (Wildman–Crippen LogP) is 3.55.